The Morgan fingerprint density at radius 3 is 2.74 bits per heavy atom. The van der Waals surface area contributed by atoms with Crippen molar-refractivity contribution in [2.45, 2.75) is 31.8 Å². The Balaban J connectivity index is 1.75. The fourth-order valence-corrected chi connectivity index (χ4v) is 3.90. The monoisotopic (exact) mass is 365 g/mol. The van der Waals surface area contributed by atoms with E-state index in [9.17, 15) is 9.59 Å². The van der Waals surface area contributed by atoms with Gasteiger partial charge in [-0.1, -0.05) is 12.5 Å². The zero-order chi connectivity index (χ0) is 19.0. The molecule has 7 heteroatoms. The van der Waals surface area contributed by atoms with Gasteiger partial charge in [-0.25, -0.2) is 9.78 Å². The van der Waals surface area contributed by atoms with Crippen molar-refractivity contribution in [2.24, 2.45) is 14.1 Å². The summed E-state index contributed by atoms with van der Waals surface area (Å²) < 4.78 is 2.58. The molecule has 0 radical (unpaired) electrons. The molecule has 0 amide bonds. The summed E-state index contributed by atoms with van der Waals surface area (Å²) in [6.45, 7) is 1.81. The number of rotatable bonds is 3. The maximum Gasteiger partial charge on any atom is 0.332 e. The van der Waals surface area contributed by atoms with Crippen LogP contribution < -0.4 is 11.2 Å². The van der Waals surface area contributed by atoms with Gasteiger partial charge < -0.3 is 0 Å². The second kappa shape index (κ2) is 7.08. The number of nitrogens with zero attached hydrogens (tertiary/aromatic N) is 5. The minimum atomic E-state index is -0.354. The lowest BCUT2D eigenvalue weighted by Gasteiger charge is -2.35. The number of fused-ring (bicyclic) bond motifs is 1. The van der Waals surface area contributed by atoms with Crippen LogP contribution >= 0.6 is 0 Å². The summed E-state index contributed by atoms with van der Waals surface area (Å²) in [4.78, 5) is 36.0. The van der Waals surface area contributed by atoms with Crippen LogP contribution in [-0.2, 0) is 20.6 Å². The van der Waals surface area contributed by atoms with Crippen LogP contribution in [0.25, 0.3) is 11.0 Å². The molecule has 0 bridgehead atoms. The lowest BCUT2D eigenvalue weighted by molar-refractivity contribution is 0.137. The molecular formula is C20H23N5O2. The molecule has 7 nitrogen and oxygen atoms in total. The molecule has 27 heavy (non-hydrogen) atoms. The number of hydrogen-bond acceptors (Lipinski definition) is 5. The first-order chi connectivity index (χ1) is 13.1. The molecule has 3 aromatic rings. The molecule has 1 aliphatic rings. The second-order valence-electron chi connectivity index (χ2n) is 7.16. The summed E-state index contributed by atoms with van der Waals surface area (Å²) in [7, 11) is 3.16. The van der Waals surface area contributed by atoms with Gasteiger partial charge in [0.05, 0.1) is 17.1 Å². The normalized spacial score (nSPS) is 18.1. The molecule has 140 valence electrons. The number of hydrogen-bond donors (Lipinski definition) is 0. The Morgan fingerprint density at radius 2 is 1.96 bits per heavy atom. The smallest absolute Gasteiger partial charge is 0.290 e. The Kier molecular flexibility index (Phi) is 4.61. The van der Waals surface area contributed by atoms with E-state index in [1.807, 2.05) is 18.3 Å². The van der Waals surface area contributed by atoms with E-state index in [-0.39, 0.29) is 17.3 Å². The van der Waals surface area contributed by atoms with Gasteiger partial charge in [-0.2, -0.15) is 0 Å². The lowest BCUT2D eigenvalue weighted by Crippen LogP contribution is -2.38. The third-order valence-electron chi connectivity index (χ3n) is 5.39. The van der Waals surface area contributed by atoms with E-state index >= 15 is 0 Å². The summed E-state index contributed by atoms with van der Waals surface area (Å²) >= 11 is 0. The Hall–Kier alpha value is -2.80. The maximum absolute atomic E-state index is 12.4. The number of aromatic nitrogens is 4. The molecule has 1 unspecified atom stereocenters. The molecule has 3 aromatic heterocycles. The van der Waals surface area contributed by atoms with Crippen LogP contribution in [0.15, 0.2) is 46.2 Å². The van der Waals surface area contributed by atoms with E-state index in [0.717, 1.165) is 42.6 Å². The molecule has 0 aliphatic carbocycles. The summed E-state index contributed by atoms with van der Waals surface area (Å²) in [6, 6.07) is 7.94. The summed E-state index contributed by atoms with van der Waals surface area (Å²) in [5, 5.41) is 0.470. The third-order valence-corrected chi connectivity index (χ3v) is 5.39. The second-order valence-corrected chi connectivity index (χ2v) is 7.16. The van der Waals surface area contributed by atoms with Crippen LogP contribution in [0.2, 0.25) is 0 Å². The minimum Gasteiger partial charge on any atom is -0.290 e. The van der Waals surface area contributed by atoms with Gasteiger partial charge in [-0.15, -0.1) is 0 Å². The van der Waals surface area contributed by atoms with Crippen molar-refractivity contribution in [3.8, 4) is 0 Å². The Morgan fingerprint density at radius 1 is 1.11 bits per heavy atom. The van der Waals surface area contributed by atoms with Crippen molar-refractivity contribution in [1.29, 1.82) is 0 Å². The molecule has 1 atom stereocenters. The van der Waals surface area contributed by atoms with Gasteiger partial charge in [0.2, 0.25) is 0 Å². The largest absolute Gasteiger partial charge is 0.332 e. The van der Waals surface area contributed by atoms with E-state index in [2.05, 4.69) is 16.0 Å². The van der Waals surface area contributed by atoms with Crippen LogP contribution in [0.3, 0.4) is 0 Å². The fourth-order valence-electron chi connectivity index (χ4n) is 3.90. The molecule has 4 rings (SSSR count). The third kappa shape index (κ3) is 3.19. The summed E-state index contributed by atoms with van der Waals surface area (Å²) in [5.74, 6) is 0. The average Bonchev–Trinajstić information content (AvgIpc) is 2.71. The Labute approximate surface area is 156 Å². The van der Waals surface area contributed by atoms with E-state index in [0.29, 0.717) is 11.0 Å². The van der Waals surface area contributed by atoms with Crippen LogP contribution in [-0.4, -0.2) is 30.5 Å². The van der Waals surface area contributed by atoms with E-state index in [1.54, 1.807) is 19.3 Å². The van der Waals surface area contributed by atoms with Gasteiger partial charge in [0, 0.05) is 33.0 Å². The van der Waals surface area contributed by atoms with Gasteiger partial charge in [-0.05, 0) is 43.1 Å². The summed E-state index contributed by atoms with van der Waals surface area (Å²) in [5.41, 5.74) is 1.88. The molecule has 0 spiro atoms. The first kappa shape index (κ1) is 17.6. The molecule has 1 fully saturated rings. The van der Waals surface area contributed by atoms with Crippen LogP contribution in [0.1, 0.15) is 36.6 Å². The van der Waals surface area contributed by atoms with Crippen molar-refractivity contribution >= 4 is 11.0 Å². The molecule has 0 aromatic carbocycles. The highest BCUT2D eigenvalue weighted by molar-refractivity contribution is 5.74. The van der Waals surface area contributed by atoms with Crippen molar-refractivity contribution in [1.82, 2.24) is 24.0 Å². The van der Waals surface area contributed by atoms with Crippen molar-refractivity contribution in [3.63, 3.8) is 0 Å². The number of piperidine rings is 1. The highest BCUT2D eigenvalue weighted by atomic mass is 16.2. The van der Waals surface area contributed by atoms with Crippen molar-refractivity contribution in [3.05, 3.63) is 68.8 Å². The summed E-state index contributed by atoms with van der Waals surface area (Å²) in [6.07, 6.45) is 6.99. The van der Waals surface area contributed by atoms with Crippen molar-refractivity contribution < 1.29 is 0 Å². The van der Waals surface area contributed by atoms with Crippen LogP contribution in [0.5, 0.6) is 0 Å². The van der Waals surface area contributed by atoms with E-state index in [1.165, 1.54) is 17.2 Å². The minimum absolute atomic E-state index is 0.169. The number of aryl methyl sites for hydroxylation is 1. The molecular weight excluding hydrogens is 342 g/mol. The fraction of sp³-hybridized carbons (Fsp3) is 0.400. The highest BCUT2D eigenvalue weighted by Crippen LogP contribution is 2.31. The van der Waals surface area contributed by atoms with Crippen LogP contribution in [0.4, 0.5) is 0 Å². The molecule has 1 aliphatic heterocycles. The van der Waals surface area contributed by atoms with Crippen molar-refractivity contribution in [2.75, 3.05) is 6.54 Å². The standard InChI is InChI=1S/C20H23N5O2/c1-23-18-15(19(26)24(2)20(23)27)8-9-16(22-18)17-7-3-4-11-25(17)13-14-6-5-10-21-12-14/h5-6,8-10,12,17H,3-4,7,11,13H2,1-2H3. The van der Waals surface area contributed by atoms with Gasteiger partial charge in [0.15, 0.2) is 0 Å². The maximum atomic E-state index is 12.4. The quantitative estimate of drug-likeness (QED) is 0.707. The zero-order valence-corrected chi connectivity index (χ0v) is 15.6. The van der Waals surface area contributed by atoms with E-state index in [4.69, 9.17) is 4.98 Å². The van der Waals surface area contributed by atoms with E-state index < -0.39 is 0 Å². The van der Waals surface area contributed by atoms with Crippen LogP contribution in [0, 0.1) is 0 Å². The highest BCUT2D eigenvalue weighted by Gasteiger charge is 2.26. The zero-order valence-electron chi connectivity index (χ0n) is 15.6. The first-order valence-corrected chi connectivity index (χ1v) is 9.26. The predicted octanol–water partition coefficient (Wildman–Crippen LogP) is 1.75. The van der Waals surface area contributed by atoms with Gasteiger partial charge in [0.25, 0.3) is 5.56 Å². The topological polar surface area (TPSA) is 73.0 Å². The SMILES string of the molecule is Cn1c(=O)c2ccc(C3CCCCN3Cc3cccnc3)nc2n(C)c1=O. The van der Waals surface area contributed by atoms with Gasteiger partial charge >= 0.3 is 5.69 Å². The number of pyridine rings is 2. The molecule has 1 saturated heterocycles. The predicted molar refractivity (Wildman–Crippen MR) is 103 cm³/mol. The van der Waals surface area contributed by atoms with Gasteiger partial charge in [0.1, 0.15) is 5.65 Å². The molecule has 0 saturated carbocycles. The van der Waals surface area contributed by atoms with Gasteiger partial charge in [-0.3, -0.25) is 23.8 Å². The first-order valence-electron chi connectivity index (χ1n) is 9.26. The number of likely N-dealkylation sites (tertiary alicyclic amines) is 1. The average molecular weight is 365 g/mol. The molecule has 0 N–H and O–H groups in total. The lowest BCUT2D eigenvalue weighted by atomic mass is 9.98. The Bertz CT molecular complexity index is 1090. The molecule has 4 heterocycles.